The zero-order valence-corrected chi connectivity index (χ0v) is 19.3. The van der Waals surface area contributed by atoms with Crippen LogP contribution in [-0.4, -0.2) is 60.9 Å². The van der Waals surface area contributed by atoms with E-state index in [0.29, 0.717) is 12.8 Å². The molecule has 2 saturated heterocycles. The first kappa shape index (κ1) is 24.4. The topological polar surface area (TPSA) is 100 Å². The van der Waals surface area contributed by atoms with Gasteiger partial charge in [-0.1, -0.05) is 6.08 Å². The Kier molecular flexibility index (Phi) is 5.89. The highest BCUT2D eigenvalue weighted by atomic mass is 19.4. The van der Waals surface area contributed by atoms with E-state index in [2.05, 4.69) is 15.6 Å². The van der Waals surface area contributed by atoms with Crippen molar-refractivity contribution in [3.63, 3.8) is 0 Å². The van der Waals surface area contributed by atoms with Crippen LogP contribution in [0.3, 0.4) is 0 Å². The predicted octanol–water partition coefficient (Wildman–Crippen LogP) is 2.42. The highest BCUT2D eigenvalue weighted by Gasteiger charge is 2.64. The predicted molar refractivity (Wildman–Crippen MR) is 120 cm³/mol. The Labute approximate surface area is 203 Å². The number of Topliss-reactive ketones (excluding diaryl/α,β-unsaturated/α-hetero) is 1. The van der Waals surface area contributed by atoms with Gasteiger partial charge >= 0.3 is 6.18 Å². The van der Waals surface area contributed by atoms with E-state index in [4.69, 9.17) is 4.74 Å². The van der Waals surface area contributed by atoms with E-state index in [-0.39, 0.29) is 42.1 Å². The molecular weight excluding hydrogens is 484 g/mol. The smallest absolute Gasteiger partial charge is 0.362 e. The first-order valence-corrected chi connectivity index (χ1v) is 11.6. The molecule has 2 fully saturated rings. The minimum Gasteiger partial charge on any atom is -0.362 e. The van der Waals surface area contributed by atoms with Crippen LogP contribution in [0.4, 0.5) is 23.2 Å². The van der Waals surface area contributed by atoms with E-state index >= 15 is 4.39 Å². The van der Waals surface area contributed by atoms with Gasteiger partial charge in [0.25, 0.3) is 0 Å². The number of ketones is 1. The Hall–Kier alpha value is -3.28. The highest BCUT2D eigenvalue weighted by molar-refractivity contribution is 6.09. The minimum absolute atomic E-state index is 0.0247. The lowest BCUT2D eigenvalue weighted by Crippen LogP contribution is -2.75. The second-order valence-electron chi connectivity index (χ2n) is 9.48. The molecule has 2 N–H and O–H groups in total. The molecule has 0 bridgehead atoms. The molecule has 8 nitrogen and oxygen atoms in total. The number of nitrogens with one attached hydrogen (secondary N) is 2. The summed E-state index contributed by atoms with van der Waals surface area (Å²) < 4.78 is 61.7. The number of morpholine rings is 1. The van der Waals surface area contributed by atoms with Crippen LogP contribution < -0.4 is 15.5 Å². The van der Waals surface area contributed by atoms with Gasteiger partial charge in [-0.25, -0.2) is 4.39 Å². The van der Waals surface area contributed by atoms with E-state index in [0.717, 1.165) is 16.7 Å². The fourth-order valence-corrected chi connectivity index (χ4v) is 5.70. The Balaban J connectivity index is 1.57. The number of hydrogen-bond acceptors (Lipinski definition) is 6. The number of fused-ring (bicyclic) bond motifs is 4. The molecule has 1 aromatic rings. The van der Waals surface area contributed by atoms with E-state index in [1.807, 2.05) is 6.08 Å². The van der Waals surface area contributed by atoms with Crippen molar-refractivity contribution < 1.29 is 36.7 Å². The SMILES string of the molecule is C[C@@H]1O[C@H](C(F)(F)F)CN2c3c(F)cc(C(=O)CCC4=NC=CC4)cc3CC3(C(=O)NCNC3=O)[C@@H]12. The van der Waals surface area contributed by atoms with Crippen molar-refractivity contribution in [1.82, 2.24) is 10.6 Å². The lowest BCUT2D eigenvalue weighted by atomic mass is 9.66. The van der Waals surface area contributed by atoms with Gasteiger partial charge in [0.1, 0.15) is 5.82 Å². The van der Waals surface area contributed by atoms with Gasteiger partial charge in [-0.15, -0.1) is 0 Å². The third-order valence-electron chi connectivity index (χ3n) is 7.28. The van der Waals surface area contributed by atoms with Crippen molar-refractivity contribution in [2.75, 3.05) is 18.1 Å². The highest BCUT2D eigenvalue weighted by Crippen LogP contribution is 2.49. The number of aliphatic imine (C=N–C) groups is 1. The number of hydrogen-bond donors (Lipinski definition) is 2. The van der Waals surface area contributed by atoms with Crippen LogP contribution in [0.25, 0.3) is 0 Å². The van der Waals surface area contributed by atoms with Crippen LogP contribution in [0, 0.1) is 11.2 Å². The maximum absolute atomic E-state index is 15.6. The number of anilines is 1. The van der Waals surface area contributed by atoms with Gasteiger partial charge in [0.2, 0.25) is 11.8 Å². The van der Waals surface area contributed by atoms with Gasteiger partial charge in [-0.3, -0.25) is 19.4 Å². The van der Waals surface area contributed by atoms with Crippen molar-refractivity contribution in [3.8, 4) is 0 Å². The molecule has 0 aliphatic carbocycles. The van der Waals surface area contributed by atoms with E-state index in [9.17, 15) is 27.6 Å². The number of carbonyl (C=O) groups is 3. The van der Waals surface area contributed by atoms with Crippen LogP contribution in [0.15, 0.2) is 29.4 Å². The van der Waals surface area contributed by atoms with Gasteiger partial charge in [-0.2, -0.15) is 13.2 Å². The summed E-state index contributed by atoms with van der Waals surface area (Å²) in [5, 5.41) is 5.09. The van der Waals surface area contributed by atoms with Gasteiger partial charge in [0.05, 0.1) is 31.0 Å². The molecule has 12 heteroatoms. The summed E-state index contributed by atoms with van der Waals surface area (Å²) in [6.45, 7) is 0.407. The summed E-state index contributed by atoms with van der Waals surface area (Å²) >= 11 is 0. The number of amides is 2. The zero-order valence-electron chi connectivity index (χ0n) is 19.3. The minimum atomic E-state index is -4.74. The van der Waals surface area contributed by atoms with Crippen LogP contribution in [-0.2, 0) is 20.7 Å². The second kappa shape index (κ2) is 8.68. The van der Waals surface area contributed by atoms with Crippen molar-refractivity contribution in [2.24, 2.45) is 10.4 Å². The van der Waals surface area contributed by atoms with Crippen molar-refractivity contribution in [1.29, 1.82) is 0 Å². The van der Waals surface area contributed by atoms with Crippen LogP contribution >= 0.6 is 0 Å². The zero-order chi connectivity index (χ0) is 25.8. The van der Waals surface area contributed by atoms with Crippen molar-refractivity contribution >= 4 is 29.0 Å². The fraction of sp³-hybridized carbons (Fsp3) is 0.500. The molecule has 4 aliphatic heterocycles. The molecular formula is C24H24F4N4O4. The van der Waals surface area contributed by atoms with Crippen molar-refractivity contribution in [2.45, 2.75) is 57.0 Å². The first-order chi connectivity index (χ1) is 17.0. The van der Waals surface area contributed by atoms with E-state index in [1.54, 1.807) is 6.20 Å². The number of rotatable bonds is 4. The number of nitrogens with zero attached hydrogens (tertiary/aromatic N) is 2. The summed E-state index contributed by atoms with van der Waals surface area (Å²) in [4.78, 5) is 44.5. The van der Waals surface area contributed by atoms with Crippen molar-refractivity contribution in [3.05, 3.63) is 41.4 Å². The van der Waals surface area contributed by atoms with Crippen LogP contribution in [0.5, 0.6) is 0 Å². The largest absolute Gasteiger partial charge is 0.416 e. The Morgan fingerprint density at radius 3 is 2.61 bits per heavy atom. The monoisotopic (exact) mass is 508 g/mol. The van der Waals surface area contributed by atoms with Gasteiger partial charge in [0.15, 0.2) is 17.3 Å². The number of alkyl halides is 3. The third kappa shape index (κ3) is 3.87. The average molecular weight is 508 g/mol. The molecule has 36 heavy (non-hydrogen) atoms. The molecule has 0 unspecified atom stereocenters. The molecule has 0 radical (unpaired) electrons. The summed E-state index contributed by atoms with van der Waals surface area (Å²) in [5.41, 5.74) is -1.05. The average Bonchev–Trinajstić information content (AvgIpc) is 3.33. The Morgan fingerprint density at radius 1 is 1.25 bits per heavy atom. The first-order valence-electron chi connectivity index (χ1n) is 11.6. The molecule has 3 atom stereocenters. The molecule has 5 rings (SSSR count). The van der Waals surface area contributed by atoms with Gasteiger partial charge in [0, 0.05) is 36.7 Å². The fourth-order valence-electron chi connectivity index (χ4n) is 5.70. The van der Waals surface area contributed by atoms with Gasteiger partial charge in [-0.05, 0) is 31.0 Å². The molecule has 4 heterocycles. The molecule has 2 amide bonds. The van der Waals surface area contributed by atoms with E-state index in [1.165, 1.54) is 13.0 Å². The third-order valence-corrected chi connectivity index (χ3v) is 7.28. The normalized spacial score (nSPS) is 26.8. The molecule has 192 valence electrons. The maximum atomic E-state index is 15.6. The molecule has 0 aromatic heterocycles. The lowest BCUT2D eigenvalue weighted by molar-refractivity contribution is -0.243. The standard InChI is InChI=1S/C24H24F4N4O4/c1-12-20-23(21(34)30-11-31-22(23)35)9-14-7-13(17(33)5-4-15-3-2-6-29-15)8-16(25)19(14)32(20)10-18(36-12)24(26,27)28/h2,6-8,12,18,20H,3-5,9-11H2,1H3,(H,30,34)(H,31,35)/t12-,18-,20+/m0/s1. The molecule has 0 saturated carbocycles. The molecule has 1 aromatic carbocycles. The maximum Gasteiger partial charge on any atom is 0.416 e. The second-order valence-corrected chi connectivity index (χ2v) is 9.48. The summed E-state index contributed by atoms with van der Waals surface area (Å²) in [5.74, 6) is -2.63. The van der Waals surface area contributed by atoms with Crippen LogP contribution in [0.2, 0.25) is 0 Å². The number of benzene rings is 1. The number of ether oxygens (including phenoxy) is 1. The number of halogens is 4. The van der Waals surface area contributed by atoms with Gasteiger partial charge < -0.3 is 20.3 Å². The van der Waals surface area contributed by atoms with Crippen LogP contribution in [0.1, 0.15) is 42.1 Å². The number of carbonyl (C=O) groups excluding carboxylic acids is 3. The summed E-state index contributed by atoms with van der Waals surface area (Å²) in [6.07, 6.45) is -3.93. The molecule has 4 aliphatic rings. The van der Waals surface area contributed by atoms with E-state index < -0.39 is 54.0 Å². The Morgan fingerprint density at radius 2 is 1.97 bits per heavy atom. The number of allylic oxidation sites excluding steroid dienone is 1. The lowest BCUT2D eigenvalue weighted by Gasteiger charge is -2.56. The quantitative estimate of drug-likeness (QED) is 0.370. The summed E-state index contributed by atoms with van der Waals surface area (Å²) in [7, 11) is 0. The Bertz CT molecular complexity index is 1180. The summed E-state index contributed by atoms with van der Waals surface area (Å²) in [6, 6.07) is 1.20. The molecule has 1 spiro atoms.